The van der Waals surface area contributed by atoms with Gasteiger partial charge in [0.1, 0.15) is 5.00 Å². The fraction of sp³-hybridized carbons (Fsp3) is 0.333. The van der Waals surface area contributed by atoms with E-state index in [4.69, 9.17) is 16.6 Å². The Morgan fingerprint density at radius 2 is 1.85 bits per heavy atom. The second-order valence-corrected chi connectivity index (χ2v) is 14.5. The second-order valence-electron chi connectivity index (χ2n) is 11.8. The highest BCUT2D eigenvalue weighted by Crippen LogP contribution is 2.45. The minimum absolute atomic E-state index is 0.110. The van der Waals surface area contributed by atoms with Crippen LogP contribution in [-0.4, -0.2) is 16.7 Å². The Hall–Kier alpha value is -2.42. The van der Waals surface area contributed by atoms with E-state index in [2.05, 4.69) is 98.3 Å². The number of fused-ring (bicyclic) bond motifs is 1. The quantitative estimate of drug-likeness (QED) is 0.165. The molecule has 208 valence electrons. The number of anilines is 1. The number of aliphatic imine (C=N–C) groups is 1. The second kappa shape index (κ2) is 11.5. The number of benzene rings is 2. The first-order valence-electron chi connectivity index (χ1n) is 13.6. The number of amides is 1. The summed E-state index contributed by atoms with van der Waals surface area (Å²) in [6, 6.07) is 16.0. The number of halogens is 2. The standard InChI is InChI=1S/C33H35ClIN3OS/c1-19-7-13-26(17-28(19)35)38-20(2)15-22(21(38)3)18-36-32-30(31(39)37-25-11-9-24(34)10-12-25)27-14-8-23(33(4,5)6)16-29(27)40-32/h7,9-13,15,17-18,23H,8,14,16H2,1-6H3,(H,37,39)/t23-/m1/s1. The molecule has 0 bridgehead atoms. The lowest BCUT2D eigenvalue weighted by Crippen LogP contribution is -2.27. The summed E-state index contributed by atoms with van der Waals surface area (Å²) in [6.07, 6.45) is 4.89. The summed E-state index contributed by atoms with van der Waals surface area (Å²) in [4.78, 5) is 20.0. The molecule has 0 radical (unpaired) electrons. The van der Waals surface area contributed by atoms with Crippen molar-refractivity contribution in [1.29, 1.82) is 0 Å². The summed E-state index contributed by atoms with van der Waals surface area (Å²) in [7, 11) is 0. The molecule has 0 unspecified atom stereocenters. The number of nitrogens with one attached hydrogen (secondary N) is 1. The summed E-state index contributed by atoms with van der Waals surface area (Å²) in [5, 5.41) is 4.51. The van der Waals surface area contributed by atoms with E-state index in [1.54, 1.807) is 23.5 Å². The van der Waals surface area contributed by atoms with Gasteiger partial charge >= 0.3 is 0 Å². The SMILES string of the molecule is Cc1ccc(-n2c(C)cc(C=Nc3sc4c(c3C(=O)Nc3ccc(Cl)cc3)CC[C@@H](C(C)(C)C)C4)c2C)cc1I. The third-order valence-electron chi connectivity index (χ3n) is 8.01. The Bertz CT molecular complexity index is 1610. The topological polar surface area (TPSA) is 46.4 Å². The van der Waals surface area contributed by atoms with E-state index in [-0.39, 0.29) is 11.3 Å². The fourth-order valence-corrected chi connectivity index (χ4v) is 7.42. The Morgan fingerprint density at radius 3 is 2.52 bits per heavy atom. The Morgan fingerprint density at radius 1 is 1.12 bits per heavy atom. The molecule has 40 heavy (non-hydrogen) atoms. The van der Waals surface area contributed by atoms with Crippen LogP contribution in [0.1, 0.15) is 70.5 Å². The fourth-order valence-electron chi connectivity index (χ4n) is 5.53. The number of carbonyl (C=O) groups excluding carboxylic acids is 1. The van der Waals surface area contributed by atoms with Crippen LogP contribution in [-0.2, 0) is 12.8 Å². The molecule has 1 aliphatic rings. The van der Waals surface area contributed by atoms with E-state index in [9.17, 15) is 4.79 Å². The van der Waals surface area contributed by atoms with E-state index in [1.165, 1.54) is 14.0 Å². The normalized spacial score (nSPS) is 15.4. The van der Waals surface area contributed by atoms with E-state index in [0.717, 1.165) is 58.2 Å². The van der Waals surface area contributed by atoms with Crippen LogP contribution in [0.2, 0.25) is 5.02 Å². The highest BCUT2D eigenvalue weighted by Gasteiger charge is 2.33. The monoisotopic (exact) mass is 683 g/mol. The average molecular weight is 684 g/mol. The van der Waals surface area contributed by atoms with Gasteiger partial charge in [0.05, 0.1) is 5.56 Å². The minimum Gasteiger partial charge on any atom is -0.322 e. The Labute approximate surface area is 260 Å². The van der Waals surface area contributed by atoms with Crippen LogP contribution in [0.15, 0.2) is 53.5 Å². The zero-order valence-electron chi connectivity index (χ0n) is 23.9. The predicted molar refractivity (Wildman–Crippen MR) is 179 cm³/mol. The molecule has 7 heteroatoms. The largest absolute Gasteiger partial charge is 0.322 e. The van der Waals surface area contributed by atoms with Crippen molar-refractivity contribution in [2.45, 2.75) is 60.8 Å². The van der Waals surface area contributed by atoms with Crippen LogP contribution in [0.5, 0.6) is 0 Å². The molecule has 0 spiro atoms. The molecule has 2 aromatic carbocycles. The predicted octanol–water partition coefficient (Wildman–Crippen LogP) is 9.88. The molecule has 1 amide bonds. The van der Waals surface area contributed by atoms with E-state index >= 15 is 0 Å². The summed E-state index contributed by atoms with van der Waals surface area (Å²) in [6.45, 7) is 13.3. The first kappa shape index (κ1) is 29.1. The van der Waals surface area contributed by atoms with Crippen LogP contribution < -0.4 is 5.32 Å². The van der Waals surface area contributed by atoms with Crippen molar-refractivity contribution >= 4 is 68.3 Å². The molecular formula is C33H35ClIN3OS. The lowest BCUT2D eigenvalue weighted by molar-refractivity contribution is 0.102. The number of nitrogens with zero attached hydrogens (tertiary/aromatic N) is 2. The molecule has 0 fully saturated rings. The van der Waals surface area contributed by atoms with Gasteiger partial charge in [-0.15, -0.1) is 11.3 Å². The van der Waals surface area contributed by atoms with Crippen molar-refractivity contribution in [2.75, 3.05) is 5.32 Å². The molecular weight excluding hydrogens is 649 g/mol. The van der Waals surface area contributed by atoms with Gasteiger partial charge in [-0.3, -0.25) is 4.79 Å². The van der Waals surface area contributed by atoms with Crippen molar-refractivity contribution in [2.24, 2.45) is 16.3 Å². The molecule has 4 nitrogen and oxygen atoms in total. The zero-order chi connectivity index (χ0) is 28.8. The van der Waals surface area contributed by atoms with Gasteiger partial charge in [0, 0.05) is 48.0 Å². The molecule has 2 aromatic heterocycles. The van der Waals surface area contributed by atoms with E-state index < -0.39 is 0 Å². The van der Waals surface area contributed by atoms with Crippen molar-refractivity contribution < 1.29 is 4.79 Å². The lowest BCUT2D eigenvalue weighted by atomic mass is 9.72. The Balaban J connectivity index is 1.52. The van der Waals surface area contributed by atoms with E-state index in [0.29, 0.717) is 16.5 Å². The number of thiophene rings is 1. The molecule has 0 saturated carbocycles. The van der Waals surface area contributed by atoms with Crippen molar-refractivity contribution in [3.63, 3.8) is 0 Å². The van der Waals surface area contributed by atoms with Gasteiger partial charge in [0.2, 0.25) is 0 Å². The van der Waals surface area contributed by atoms with Crippen LogP contribution in [0, 0.1) is 35.7 Å². The summed E-state index contributed by atoms with van der Waals surface area (Å²) < 4.78 is 3.51. The summed E-state index contributed by atoms with van der Waals surface area (Å²) in [5.41, 5.74) is 8.56. The smallest absolute Gasteiger partial charge is 0.259 e. The molecule has 0 saturated heterocycles. The van der Waals surface area contributed by atoms with Crippen LogP contribution in [0.4, 0.5) is 10.7 Å². The number of aromatic nitrogens is 1. The molecule has 1 N–H and O–H groups in total. The molecule has 1 atom stereocenters. The average Bonchev–Trinajstić information content (AvgIpc) is 3.40. The third-order valence-corrected chi connectivity index (χ3v) is 10.6. The maximum absolute atomic E-state index is 13.7. The maximum Gasteiger partial charge on any atom is 0.259 e. The highest BCUT2D eigenvalue weighted by atomic mass is 127. The first-order chi connectivity index (χ1) is 18.9. The van der Waals surface area contributed by atoms with Crippen molar-refractivity contribution in [3.8, 4) is 5.69 Å². The van der Waals surface area contributed by atoms with Crippen LogP contribution in [0.3, 0.4) is 0 Å². The van der Waals surface area contributed by atoms with Crippen molar-refractivity contribution in [3.05, 3.63) is 95.6 Å². The summed E-state index contributed by atoms with van der Waals surface area (Å²) in [5.74, 6) is 0.472. The summed E-state index contributed by atoms with van der Waals surface area (Å²) >= 11 is 10.1. The zero-order valence-corrected chi connectivity index (χ0v) is 27.6. The van der Waals surface area contributed by atoms with Gasteiger partial charge in [-0.2, -0.15) is 0 Å². The maximum atomic E-state index is 13.7. The first-order valence-corrected chi connectivity index (χ1v) is 15.9. The van der Waals surface area contributed by atoms with Gasteiger partial charge in [-0.25, -0.2) is 4.99 Å². The molecule has 4 aromatic rings. The van der Waals surface area contributed by atoms with Gasteiger partial charge in [-0.1, -0.05) is 38.4 Å². The molecule has 1 aliphatic carbocycles. The number of rotatable bonds is 5. The molecule has 0 aliphatic heterocycles. The minimum atomic E-state index is -0.110. The number of hydrogen-bond donors (Lipinski definition) is 1. The van der Waals surface area contributed by atoms with Gasteiger partial charge in [0.25, 0.3) is 5.91 Å². The lowest BCUT2D eigenvalue weighted by Gasteiger charge is -2.33. The molecule has 5 rings (SSSR count). The highest BCUT2D eigenvalue weighted by molar-refractivity contribution is 14.1. The van der Waals surface area contributed by atoms with Gasteiger partial charge < -0.3 is 9.88 Å². The van der Waals surface area contributed by atoms with Gasteiger partial charge in [0.15, 0.2) is 0 Å². The number of hydrogen-bond acceptors (Lipinski definition) is 3. The molecule has 2 heterocycles. The van der Waals surface area contributed by atoms with Crippen molar-refractivity contribution in [1.82, 2.24) is 4.57 Å². The third kappa shape index (κ3) is 5.95. The van der Waals surface area contributed by atoms with Crippen LogP contribution in [0.25, 0.3) is 5.69 Å². The van der Waals surface area contributed by atoms with Crippen LogP contribution >= 0.6 is 45.5 Å². The number of aryl methyl sites for hydroxylation is 2. The Kier molecular flexibility index (Phi) is 8.33. The number of carbonyl (C=O) groups is 1. The van der Waals surface area contributed by atoms with E-state index in [1.807, 2.05) is 18.3 Å². The van der Waals surface area contributed by atoms with Gasteiger partial charge in [-0.05, 0) is 128 Å².